The standard InChI is InChI=1S/C12H12INO4/c1-2-11(15)17-8-7-14-12(16)18-10-6-4-3-5-9(10)13/h2-6H,1,7-8H2,(H,14,16). The molecule has 0 radical (unpaired) electrons. The van der Waals surface area contributed by atoms with Crippen LogP contribution in [0, 0.1) is 3.57 Å². The molecule has 1 rings (SSSR count). The molecule has 0 unspecified atom stereocenters. The lowest BCUT2D eigenvalue weighted by Gasteiger charge is -2.07. The molecule has 96 valence electrons. The van der Waals surface area contributed by atoms with Gasteiger partial charge in [0.25, 0.3) is 0 Å². The summed E-state index contributed by atoms with van der Waals surface area (Å²) < 4.78 is 10.6. The minimum Gasteiger partial charge on any atom is -0.461 e. The highest BCUT2D eigenvalue weighted by Gasteiger charge is 2.06. The predicted molar refractivity (Wildman–Crippen MR) is 74.3 cm³/mol. The topological polar surface area (TPSA) is 64.6 Å². The van der Waals surface area contributed by atoms with E-state index in [4.69, 9.17) is 4.74 Å². The quantitative estimate of drug-likeness (QED) is 0.378. The van der Waals surface area contributed by atoms with Crippen molar-refractivity contribution >= 4 is 34.7 Å². The number of nitrogens with one attached hydrogen (secondary N) is 1. The highest BCUT2D eigenvalue weighted by Crippen LogP contribution is 2.19. The number of rotatable bonds is 5. The number of esters is 1. The molecule has 0 spiro atoms. The molecule has 5 nitrogen and oxygen atoms in total. The summed E-state index contributed by atoms with van der Waals surface area (Å²) in [6, 6.07) is 7.14. The average Bonchev–Trinajstić information content (AvgIpc) is 2.37. The molecule has 0 atom stereocenters. The van der Waals surface area contributed by atoms with Gasteiger partial charge in [0.15, 0.2) is 0 Å². The van der Waals surface area contributed by atoms with Crippen LogP contribution in [0.1, 0.15) is 0 Å². The Balaban J connectivity index is 2.28. The zero-order chi connectivity index (χ0) is 13.4. The molecule has 0 aliphatic heterocycles. The van der Waals surface area contributed by atoms with Crippen LogP contribution < -0.4 is 10.1 Å². The second-order valence-electron chi connectivity index (χ2n) is 3.12. The number of para-hydroxylation sites is 1. The van der Waals surface area contributed by atoms with Gasteiger partial charge in [-0.1, -0.05) is 18.7 Å². The van der Waals surface area contributed by atoms with Crippen LogP contribution in [-0.4, -0.2) is 25.2 Å². The lowest BCUT2D eigenvalue weighted by molar-refractivity contribution is -0.137. The average molecular weight is 361 g/mol. The van der Waals surface area contributed by atoms with E-state index in [9.17, 15) is 9.59 Å². The summed E-state index contributed by atoms with van der Waals surface area (Å²) in [6.45, 7) is 3.51. The van der Waals surface area contributed by atoms with Gasteiger partial charge in [-0.15, -0.1) is 0 Å². The molecular weight excluding hydrogens is 349 g/mol. The molecule has 6 heteroatoms. The van der Waals surface area contributed by atoms with Crippen LogP contribution in [0.5, 0.6) is 5.75 Å². The maximum absolute atomic E-state index is 11.4. The molecule has 1 aromatic carbocycles. The number of halogens is 1. The summed E-state index contributed by atoms with van der Waals surface area (Å²) in [4.78, 5) is 22.1. The first-order chi connectivity index (χ1) is 8.63. The van der Waals surface area contributed by atoms with E-state index in [1.807, 2.05) is 12.1 Å². The summed E-state index contributed by atoms with van der Waals surface area (Å²) >= 11 is 2.07. The lowest BCUT2D eigenvalue weighted by atomic mass is 10.3. The minimum absolute atomic E-state index is 0.0752. The molecule has 1 aromatic rings. The van der Waals surface area contributed by atoms with Gasteiger partial charge in [-0.3, -0.25) is 0 Å². The summed E-state index contributed by atoms with van der Waals surface area (Å²) in [5.74, 6) is -0.0403. The highest BCUT2D eigenvalue weighted by atomic mass is 127. The van der Waals surface area contributed by atoms with E-state index in [0.717, 1.165) is 9.65 Å². The van der Waals surface area contributed by atoms with Crippen LogP contribution in [0.3, 0.4) is 0 Å². The first-order valence-corrected chi connectivity index (χ1v) is 6.20. The largest absolute Gasteiger partial charge is 0.461 e. The fourth-order valence-corrected chi connectivity index (χ4v) is 1.52. The van der Waals surface area contributed by atoms with Crippen molar-refractivity contribution in [2.75, 3.05) is 13.2 Å². The van der Waals surface area contributed by atoms with E-state index >= 15 is 0 Å². The number of benzene rings is 1. The van der Waals surface area contributed by atoms with Crippen molar-refractivity contribution < 1.29 is 19.1 Å². The SMILES string of the molecule is C=CC(=O)OCCNC(=O)Oc1ccccc1I. The molecule has 0 saturated carbocycles. The second-order valence-corrected chi connectivity index (χ2v) is 4.28. The van der Waals surface area contributed by atoms with Gasteiger partial charge in [-0.25, -0.2) is 9.59 Å². The van der Waals surface area contributed by atoms with E-state index in [1.165, 1.54) is 0 Å². The molecule has 0 bridgehead atoms. The van der Waals surface area contributed by atoms with Crippen LogP contribution in [0.25, 0.3) is 0 Å². The summed E-state index contributed by atoms with van der Waals surface area (Å²) in [7, 11) is 0. The minimum atomic E-state index is -0.589. The summed E-state index contributed by atoms with van der Waals surface area (Å²) in [6.07, 6.45) is 0.471. The van der Waals surface area contributed by atoms with Crippen molar-refractivity contribution in [2.24, 2.45) is 0 Å². The van der Waals surface area contributed by atoms with Gasteiger partial charge in [-0.2, -0.15) is 0 Å². The van der Waals surface area contributed by atoms with E-state index in [-0.39, 0.29) is 13.2 Å². The van der Waals surface area contributed by atoms with Crippen LogP contribution >= 0.6 is 22.6 Å². The third kappa shape index (κ3) is 5.17. The van der Waals surface area contributed by atoms with Gasteiger partial charge in [0.1, 0.15) is 12.4 Å². The number of amides is 1. The number of hydrogen-bond donors (Lipinski definition) is 1. The van der Waals surface area contributed by atoms with E-state index in [0.29, 0.717) is 5.75 Å². The summed E-state index contributed by atoms with van der Waals surface area (Å²) in [5.41, 5.74) is 0. The van der Waals surface area contributed by atoms with Crippen molar-refractivity contribution in [2.45, 2.75) is 0 Å². The zero-order valence-corrected chi connectivity index (χ0v) is 11.7. The number of carbonyl (C=O) groups is 2. The van der Waals surface area contributed by atoms with E-state index in [2.05, 4.69) is 39.2 Å². The number of ether oxygens (including phenoxy) is 2. The molecule has 0 aromatic heterocycles. The molecule has 0 heterocycles. The Bertz CT molecular complexity index is 447. The monoisotopic (exact) mass is 361 g/mol. The normalized spacial score (nSPS) is 9.39. The van der Waals surface area contributed by atoms with E-state index in [1.54, 1.807) is 12.1 Å². The summed E-state index contributed by atoms with van der Waals surface area (Å²) in [5, 5.41) is 2.46. The lowest BCUT2D eigenvalue weighted by Crippen LogP contribution is -2.30. The van der Waals surface area contributed by atoms with Crippen LogP contribution in [0.4, 0.5) is 4.79 Å². The van der Waals surface area contributed by atoms with Gasteiger partial charge < -0.3 is 14.8 Å². The van der Waals surface area contributed by atoms with Crippen molar-refractivity contribution in [3.8, 4) is 5.75 Å². The van der Waals surface area contributed by atoms with Crippen LogP contribution in [-0.2, 0) is 9.53 Å². The van der Waals surface area contributed by atoms with Crippen molar-refractivity contribution in [3.63, 3.8) is 0 Å². The van der Waals surface area contributed by atoms with Gasteiger partial charge in [0, 0.05) is 6.08 Å². The van der Waals surface area contributed by atoms with Crippen molar-refractivity contribution in [3.05, 3.63) is 40.5 Å². The Labute approximate surface area is 118 Å². The first-order valence-electron chi connectivity index (χ1n) is 5.13. The molecule has 1 amide bonds. The van der Waals surface area contributed by atoms with Crippen molar-refractivity contribution in [1.82, 2.24) is 5.32 Å². The molecule has 0 aliphatic carbocycles. The van der Waals surface area contributed by atoms with Gasteiger partial charge in [-0.05, 0) is 34.7 Å². The number of hydrogen-bond acceptors (Lipinski definition) is 4. The van der Waals surface area contributed by atoms with Crippen LogP contribution in [0.2, 0.25) is 0 Å². The zero-order valence-electron chi connectivity index (χ0n) is 9.52. The van der Waals surface area contributed by atoms with Gasteiger partial charge in [0.2, 0.25) is 0 Å². The molecule has 0 aliphatic rings. The Kier molecular flexibility index (Phi) is 6.20. The van der Waals surface area contributed by atoms with Crippen molar-refractivity contribution in [1.29, 1.82) is 0 Å². The Morgan fingerprint density at radius 2 is 2.11 bits per heavy atom. The fourth-order valence-electron chi connectivity index (χ4n) is 1.03. The maximum Gasteiger partial charge on any atom is 0.412 e. The molecule has 0 fully saturated rings. The third-order valence-corrected chi connectivity index (χ3v) is 2.71. The van der Waals surface area contributed by atoms with Crippen LogP contribution in [0.15, 0.2) is 36.9 Å². The predicted octanol–water partition coefficient (Wildman–Crippen LogP) is 2.11. The van der Waals surface area contributed by atoms with Gasteiger partial charge >= 0.3 is 12.1 Å². The van der Waals surface area contributed by atoms with E-state index < -0.39 is 12.1 Å². The smallest absolute Gasteiger partial charge is 0.412 e. The third-order valence-electron chi connectivity index (χ3n) is 1.82. The highest BCUT2D eigenvalue weighted by molar-refractivity contribution is 14.1. The Morgan fingerprint density at radius 1 is 1.39 bits per heavy atom. The molecule has 0 saturated heterocycles. The van der Waals surface area contributed by atoms with Gasteiger partial charge in [0.05, 0.1) is 10.1 Å². The molecular formula is C12H12INO4. The number of carbonyl (C=O) groups excluding carboxylic acids is 2. The Hall–Kier alpha value is -1.57. The molecule has 18 heavy (non-hydrogen) atoms. The Morgan fingerprint density at radius 3 is 2.78 bits per heavy atom. The second kappa shape index (κ2) is 7.70. The maximum atomic E-state index is 11.4. The molecule has 1 N–H and O–H groups in total. The fraction of sp³-hybridized carbons (Fsp3) is 0.167. The first kappa shape index (κ1) is 14.5.